The summed E-state index contributed by atoms with van der Waals surface area (Å²) in [5.41, 5.74) is -0.632. The van der Waals surface area contributed by atoms with E-state index in [1.807, 2.05) is 13.8 Å². The Kier molecular flexibility index (Phi) is 7.10. The zero-order chi connectivity index (χ0) is 18.9. The smallest absolute Gasteiger partial charge is 0.381 e. The molecule has 1 N–H and O–H groups in total. The van der Waals surface area contributed by atoms with Gasteiger partial charge in [0.05, 0.1) is 19.4 Å². The number of ether oxygens (including phenoxy) is 3. The zero-order valence-electron chi connectivity index (χ0n) is 14.9. The molecule has 0 saturated heterocycles. The van der Waals surface area contributed by atoms with Crippen LogP contribution < -0.4 is 15.7 Å². The standard InChI is InChI=1S/C17H21N3O6/c1-11(2)10-24-7-8-25-14-12(20-17-18-5-4-6-19-17)9-13(15(21)23-3)26-16(14)22/h4-6,9,11H,7-8,10H2,1-3H3,(H,18,19,20). The molecule has 0 aliphatic heterocycles. The van der Waals surface area contributed by atoms with Crippen molar-refractivity contribution in [1.29, 1.82) is 0 Å². The van der Waals surface area contributed by atoms with E-state index < -0.39 is 11.6 Å². The Morgan fingerprint density at radius 3 is 2.65 bits per heavy atom. The third-order valence-corrected chi connectivity index (χ3v) is 3.03. The number of aromatic nitrogens is 2. The van der Waals surface area contributed by atoms with Crippen LogP contribution in [0.1, 0.15) is 24.4 Å². The van der Waals surface area contributed by atoms with Gasteiger partial charge in [-0.2, -0.15) is 0 Å². The second-order valence-electron chi connectivity index (χ2n) is 5.65. The summed E-state index contributed by atoms with van der Waals surface area (Å²) < 4.78 is 20.4. The highest BCUT2D eigenvalue weighted by Crippen LogP contribution is 2.24. The lowest BCUT2D eigenvalue weighted by Gasteiger charge is -2.12. The fourth-order valence-corrected chi connectivity index (χ4v) is 1.92. The highest BCUT2D eigenvalue weighted by atomic mass is 16.5. The van der Waals surface area contributed by atoms with Gasteiger partial charge in [0.25, 0.3) is 0 Å². The van der Waals surface area contributed by atoms with E-state index in [4.69, 9.17) is 13.9 Å². The molecule has 0 bridgehead atoms. The minimum absolute atomic E-state index is 0.0988. The number of carbonyl (C=O) groups is 1. The molecule has 2 heterocycles. The Labute approximate surface area is 150 Å². The van der Waals surface area contributed by atoms with Gasteiger partial charge in [0.15, 0.2) is 0 Å². The summed E-state index contributed by atoms with van der Waals surface area (Å²) in [4.78, 5) is 31.9. The van der Waals surface area contributed by atoms with E-state index in [-0.39, 0.29) is 29.8 Å². The van der Waals surface area contributed by atoms with Crippen molar-refractivity contribution in [3.8, 4) is 5.75 Å². The largest absolute Gasteiger partial charge is 0.483 e. The van der Waals surface area contributed by atoms with Gasteiger partial charge < -0.3 is 23.9 Å². The summed E-state index contributed by atoms with van der Waals surface area (Å²) in [6, 6.07) is 2.95. The zero-order valence-corrected chi connectivity index (χ0v) is 14.9. The third-order valence-electron chi connectivity index (χ3n) is 3.03. The van der Waals surface area contributed by atoms with Gasteiger partial charge in [0.2, 0.25) is 17.5 Å². The molecule has 2 aromatic heterocycles. The number of hydrogen-bond acceptors (Lipinski definition) is 9. The van der Waals surface area contributed by atoms with Crippen molar-refractivity contribution in [3.63, 3.8) is 0 Å². The fourth-order valence-electron chi connectivity index (χ4n) is 1.92. The normalized spacial score (nSPS) is 10.6. The van der Waals surface area contributed by atoms with Crippen LogP contribution in [0.15, 0.2) is 33.7 Å². The van der Waals surface area contributed by atoms with E-state index in [1.165, 1.54) is 25.6 Å². The Balaban J connectivity index is 2.21. The van der Waals surface area contributed by atoms with Gasteiger partial charge in [0, 0.05) is 25.1 Å². The highest BCUT2D eigenvalue weighted by molar-refractivity contribution is 5.87. The maximum absolute atomic E-state index is 12.2. The first-order valence-electron chi connectivity index (χ1n) is 8.02. The number of rotatable bonds is 9. The van der Waals surface area contributed by atoms with Crippen molar-refractivity contribution < 1.29 is 23.4 Å². The molecule has 0 fully saturated rings. The first-order valence-corrected chi connectivity index (χ1v) is 8.02. The second-order valence-corrected chi connectivity index (χ2v) is 5.65. The summed E-state index contributed by atoms with van der Waals surface area (Å²) in [5.74, 6) is -0.523. The molecule has 9 heteroatoms. The van der Waals surface area contributed by atoms with Crippen LogP contribution in [0.5, 0.6) is 5.75 Å². The molecule has 0 spiro atoms. The highest BCUT2D eigenvalue weighted by Gasteiger charge is 2.19. The Morgan fingerprint density at radius 2 is 2.00 bits per heavy atom. The SMILES string of the molecule is COC(=O)c1cc(Nc2ncccn2)c(OCCOCC(C)C)c(=O)o1. The molecule has 0 aromatic carbocycles. The van der Waals surface area contributed by atoms with Gasteiger partial charge in [-0.15, -0.1) is 0 Å². The predicted molar refractivity (Wildman–Crippen MR) is 92.8 cm³/mol. The maximum Gasteiger partial charge on any atom is 0.381 e. The Hall–Kier alpha value is -2.94. The van der Waals surface area contributed by atoms with Crippen LogP contribution in [0.3, 0.4) is 0 Å². The van der Waals surface area contributed by atoms with Crippen LogP contribution in [0, 0.1) is 5.92 Å². The van der Waals surface area contributed by atoms with Crippen LogP contribution in [0.4, 0.5) is 11.6 Å². The number of carbonyl (C=O) groups excluding carboxylic acids is 1. The van der Waals surface area contributed by atoms with Gasteiger partial charge in [-0.25, -0.2) is 19.6 Å². The number of nitrogens with one attached hydrogen (secondary N) is 1. The van der Waals surface area contributed by atoms with E-state index in [2.05, 4.69) is 20.0 Å². The molecule has 0 amide bonds. The van der Waals surface area contributed by atoms with Crippen molar-refractivity contribution >= 4 is 17.6 Å². The maximum atomic E-state index is 12.2. The van der Waals surface area contributed by atoms with Crippen LogP contribution in [-0.2, 0) is 9.47 Å². The summed E-state index contributed by atoms with van der Waals surface area (Å²) in [6.45, 7) is 5.09. The molecule has 2 rings (SSSR count). The van der Waals surface area contributed by atoms with Crippen LogP contribution in [0.2, 0.25) is 0 Å². The van der Waals surface area contributed by atoms with Crippen molar-refractivity contribution in [1.82, 2.24) is 9.97 Å². The first-order chi connectivity index (χ1) is 12.5. The molecule has 26 heavy (non-hydrogen) atoms. The van der Waals surface area contributed by atoms with Gasteiger partial charge >= 0.3 is 11.6 Å². The molecule has 0 saturated carbocycles. The number of hydrogen-bond donors (Lipinski definition) is 1. The molecule has 0 aliphatic carbocycles. The molecule has 0 unspecified atom stereocenters. The van der Waals surface area contributed by atoms with E-state index in [0.717, 1.165) is 0 Å². The van der Waals surface area contributed by atoms with Crippen molar-refractivity contribution in [2.45, 2.75) is 13.8 Å². The monoisotopic (exact) mass is 363 g/mol. The lowest BCUT2D eigenvalue weighted by atomic mass is 10.2. The predicted octanol–water partition coefficient (Wildman–Crippen LogP) is 2.01. The van der Waals surface area contributed by atoms with Gasteiger partial charge in [-0.3, -0.25) is 0 Å². The van der Waals surface area contributed by atoms with E-state index in [1.54, 1.807) is 6.07 Å². The number of esters is 1. The minimum atomic E-state index is -0.824. The average molecular weight is 363 g/mol. The lowest BCUT2D eigenvalue weighted by molar-refractivity contribution is 0.0556. The molecule has 140 valence electrons. The fraction of sp³-hybridized carbons (Fsp3) is 0.412. The molecular weight excluding hydrogens is 342 g/mol. The Morgan fingerprint density at radius 1 is 1.27 bits per heavy atom. The quantitative estimate of drug-likeness (QED) is 0.528. The van der Waals surface area contributed by atoms with Gasteiger partial charge in [-0.1, -0.05) is 13.8 Å². The first kappa shape index (κ1) is 19.4. The summed E-state index contributed by atoms with van der Waals surface area (Å²) in [5, 5.41) is 2.84. The van der Waals surface area contributed by atoms with Crippen LogP contribution in [0.25, 0.3) is 0 Å². The molecule has 9 nitrogen and oxygen atoms in total. The van der Waals surface area contributed by atoms with E-state index in [0.29, 0.717) is 19.1 Å². The van der Waals surface area contributed by atoms with Crippen LogP contribution >= 0.6 is 0 Å². The Bertz CT molecular complexity index is 776. The van der Waals surface area contributed by atoms with Crippen molar-refractivity contribution in [3.05, 3.63) is 40.7 Å². The van der Waals surface area contributed by atoms with E-state index in [9.17, 15) is 9.59 Å². The topological polar surface area (TPSA) is 113 Å². The van der Waals surface area contributed by atoms with Crippen molar-refractivity contribution in [2.75, 3.05) is 32.2 Å². The van der Waals surface area contributed by atoms with Crippen LogP contribution in [-0.4, -0.2) is 42.9 Å². The third kappa shape index (κ3) is 5.55. The molecule has 2 aromatic rings. The number of nitrogens with zero attached hydrogens (tertiary/aromatic N) is 2. The summed E-state index contributed by atoms with van der Waals surface area (Å²) >= 11 is 0. The van der Waals surface area contributed by atoms with Crippen molar-refractivity contribution in [2.24, 2.45) is 5.92 Å². The van der Waals surface area contributed by atoms with Gasteiger partial charge in [-0.05, 0) is 12.0 Å². The average Bonchev–Trinajstić information content (AvgIpc) is 2.63. The summed E-state index contributed by atoms with van der Waals surface area (Å²) in [7, 11) is 1.19. The van der Waals surface area contributed by atoms with E-state index >= 15 is 0 Å². The minimum Gasteiger partial charge on any atom is -0.483 e. The number of anilines is 2. The molecule has 0 aliphatic rings. The molecular formula is C17H21N3O6. The second kappa shape index (κ2) is 9.52. The number of methoxy groups -OCH3 is 1. The van der Waals surface area contributed by atoms with Gasteiger partial charge in [0.1, 0.15) is 6.61 Å². The lowest BCUT2D eigenvalue weighted by Crippen LogP contribution is -2.17. The molecule has 0 atom stereocenters. The summed E-state index contributed by atoms with van der Waals surface area (Å²) in [6.07, 6.45) is 3.06. The molecule has 0 radical (unpaired) electrons.